The molecule has 5 heteroatoms. The Kier molecular flexibility index (Phi) is 6.44. The van der Waals surface area contributed by atoms with Crippen molar-refractivity contribution < 1.29 is 9.18 Å². The van der Waals surface area contributed by atoms with Crippen molar-refractivity contribution in [2.24, 2.45) is 0 Å². The lowest BCUT2D eigenvalue weighted by molar-refractivity contribution is -0.120. The van der Waals surface area contributed by atoms with E-state index in [4.69, 9.17) is 23.2 Å². The monoisotopic (exact) mass is 291 g/mol. The number of amides is 1. The van der Waals surface area contributed by atoms with Gasteiger partial charge in [-0.25, -0.2) is 4.39 Å². The standard InChI is InChI=1S/C13H16Cl2FNO/c1-2-4-9(14)8-17-13(18)7-10-11(15)5-3-6-12(10)16/h3,5-6,9H,2,4,7-8H2,1H3,(H,17,18). The fraction of sp³-hybridized carbons (Fsp3) is 0.462. The first kappa shape index (κ1) is 15.3. The van der Waals surface area contributed by atoms with E-state index in [2.05, 4.69) is 5.32 Å². The van der Waals surface area contributed by atoms with Crippen molar-refractivity contribution in [1.82, 2.24) is 5.32 Å². The molecular weight excluding hydrogens is 276 g/mol. The maximum atomic E-state index is 13.4. The highest BCUT2D eigenvalue weighted by Crippen LogP contribution is 2.19. The van der Waals surface area contributed by atoms with Gasteiger partial charge in [0.25, 0.3) is 0 Å². The van der Waals surface area contributed by atoms with Gasteiger partial charge in [0.2, 0.25) is 5.91 Å². The van der Waals surface area contributed by atoms with Gasteiger partial charge in [-0.3, -0.25) is 4.79 Å². The first-order valence-electron chi connectivity index (χ1n) is 5.88. The number of carbonyl (C=O) groups is 1. The van der Waals surface area contributed by atoms with Crippen molar-refractivity contribution in [2.45, 2.75) is 31.6 Å². The molecule has 0 heterocycles. The first-order chi connectivity index (χ1) is 8.54. The molecule has 0 aliphatic rings. The molecule has 0 radical (unpaired) electrons. The lowest BCUT2D eigenvalue weighted by atomic mass is 10.1. The fourth-order valence-corrected chi connectivity index (χ4v) is 2.09. The number of hydrogen-bond donors (Lipinski definition) is 1. The van der Waals surface area contributed by atoms with Gasteiger partial charge in [0.15, 0.2) is 0 Å². The molecule has 1 amide bonds. The lowest BCUT2D eigenvalue weighted by Crippen LogP contribution is -2.31. The normalized spacial score (nSPS) is 12.2. The van der Waals surface area contributed by atoms with Crippen molar-refractivity contribution in [3.63, 3.8) is 0 Å². The van der Waals surface area contributed by atoms with Gasteiger partial charge >= 0.3 is 0 Å². The Morgan fingerprint density at radius 1 is 1.50 bits per heavy atom. The highest BCUT2D eigenvalue weighted by atomic mass is 35.5. The van der Waals surface area contributed by atoms with Gasteiger partial charge in [0.05, 0.1) is 11.8 Å². The third-order valence-electron chi connectivity index (χ3n) is 2.52. The quantitative estimate of drug-likeness (QED) is 0.798. The zero-order chi connectivity index (χ0) is 13.5. The van der Waals surface area contributed by atoms with E-state index in [0.29, 0.717) is 6.54 Å². The highest BCUT2D eigenvalue weighted by molar-refractivity contribution is 6.31. The first-order valence-corrected chi connectivity index (χ1v) is 6.69. The van der Waals surface area contributed by atoms with Crippen LogP contribution in [-0.2, 0) is 11.2 Å². The van der Waals surface area contributed by atoms with E-state index in [-0.39, 0.29) is 28.3 Å². The molecule has 0 spiro atoms. The van der Waals surface area contributed by atoms with Crippen LogP contribution in [0.15, 0.2) is 18.2 Å². The van der Waals surface area contributed by atoms with Crippen LogP contribution in [0.25, 0.3) is 0 Å². The van der Waals surface area contributed by atoms with Crippen molar-refractivity contribution in [3.05, 3.63) is 34.6 Å². The molecule has 0 bridgehead atoms. The summed E-state index contributed by atoms with van der Waals surface area (Å²) < 4.78 is 13.4. The molecule has 1 atom stereocenters. The Hall–Kier alpha value is -0.800. The summed E-state index contributed by atoms with van der Waals surface area (Å²) >= 11 is 11.8. The predicted octanol–water partition coefficient (Wildman–Crippen LogP) is 3.55. The molecule has 0 saturated carbocycles. The second-order valence-electron chi connectivity index (χ2n) is 4.07. The Morgan fingerprint density at radius 3 is 2.83 bits per heavy atom. The number of carbonyl (C=O) groups excluding carboxylic acids is 1. The summed E-state index contributed by atoms with van der Waals surface area (Å²) in [5, 5.41) is 2.85. The predicted molar refractivity (Wildman–Crippen MR) is 72.7 cm³/mol. The van der Waals surface area contributed by atoms with Crippen LogP contribution in [0.2, 0.25) is 5.02 Å². The molecule has 0 fully saturated rings. The molecule has 0 saturated heterocycles. The second-order valence-corrected chi connectivity index (χ2v) is 5.09. The van der Waals surface area contributed by atoms with Gasteiger partial charge in [-0.05, 0) is 18.6 Å². The average molecular weight is 292 g/mol. The smallest absolute Gasteiger partial charge is 0.224 e. The van der Waals surface area contributed by atoms with E-state index in [1.807, 2.05) is 6.92 Å². The maximum Gasteiger partial charge on any atom is 0.224 e. The molecule has 0 aliphatic heterocycles. The third kappa shape index (κ3) is 4.83. The number of rotatable bonds is 6. The largest absolute Gasteiger partial charge is 0.354 e. The molecule has 18 heavy (non-hydrogen) atoms. The summed E-state index contributed by atoms with van der Waals surface area (Å²) in [4.78, 5) is 11.6. The van der Waals surface area contributed by atoms with E-state index in [1.54, 1.807) is 6.07 Å². The van der Waals surface area contributed by atoms with Crippen LogP contribution in [0.1, 0.15) is 25.3 Å². The Bertz CT molecular complexity index is 392. The highest BCUT2D eigenvalue weighted by Gasteiger charge is 2.12. The molecule has 1 N–H and O–H groups in total. The molecule has 100 valence electrons. The molecule has 1 aromatic carbocycles. The van der Waals surface area contributed by atoms with E-state index >= 15 is 0 Å². The van der Waals surface area contributed by atoms with Crippen LogP contribution in [-0.4, -0.2) is 17.8 Å². The lowest BCUT2D eigenvalue weighted by Gasteiger charge is -2.10. The average Bonchev–Trinajstić information content (AvgIpc) is 2.32. The molecule has 1 unspecified atom stereocenters. The van der Waals surface area contributed by atoms with Crippen molar-refractivity contribution in [1.29, 1.82) is 0 Å². The number of alkyl halides is 1. The number of halogens is 3. The molecule has 1 rings (SSSR count). The van der Waals surface area contributed by atoms with E-state index < -0.39 is 5.82 Å². The molecule has 0 aliphatic carbocycles. The van der Waals surface area contributed by atoms with Gasteiger partial charge in [-0.1, -0.05) is 31.0 Å². The molecule has 2 nitrogen and oxygen atoms in total. The van der Waals surface area contributed by atoms with Crippen LogP contribution in [0, 0.1) is 5.82 Å². The van der Waals surface area contributed by atoms with Crippen LogP contribution in [0.3, 0.4) is 0 Å². The van der Waals surface area contributed by atoms with E-state index in [9.17, 15) is 9.18 Å². The van der Waals surface area contributed by atoms with Crippen LogP contribution < -0.4 is 5.32 Å². The topological polar surface area (TPSA) is 29.1 Å². The van der Waals surface area contributed by atoms with Gasteiger partial charge in [0.1, 0.15) is 5.82 Å². The number of nitrogens with one attached hydrogen (secondary N) is 1. The zero-order valence-electron chi connectivity index (χ0n) is 10.2. The minimum Gasteiger partial charge on any atom is -0.354 e. The van der Waals surface area contributed by atoms with Crippen LogP contribution in [0.5, 0.6) is 0 Å². The van der Waals surface area contributed by atoms with Crippen molar-refractivity contribution in [2.75, 3.05) is 6.54 Å². The van der Waals surface area contributed by atoms with Crippen molar-refractivity contribution >= 4 is 29.1 Å². The molecule has 1 aromatic rings. The summed E-state index contributed by atoms with van der Waals surface area (Å²) in [5.74, 6) is -0.739. The summed E-state index contributed by atoms with van der Waals surface area (Å²) in [7, 11) is 0. The Balaban J connectivity index is 2.50. The zero-order valence-corrected chi connectivity index (χ0v) is 11.7. The second kappa shape index (κ2) is 7.59. The third-order valence-corrected chi connectivity index (χ3v) is 3.25. The van der Waals surface area contributed by atoms with Gasteiger partial charge < -0.3 is 5.32 Å². The van der Waals surface area contributed by atoms with Gasteiger partial charge in [-0.15, -0.1) is 11.6 Å². The Labute approximate surface area is 116 Å². The fourth-order valence-electron chi connectivity index (χ4n) is 1.56. The van der Waals surface area contributed by atoms with Gasteiger partial charge in [0, 0.05) is 17.1 Å². The molecule has 0 aromatic heterocycles. The summed E-state index contributed by atoms with van der Waals surface area (Å²) in [6, 6.07) is 4.36. The maximum absolute atomic E-state index is 13.4. The minimum atomic E-state index is -0.464. The van der Waals surface area contributed by atoms with Gasteiger partial charge in [-0.2, -0.15) is 0 Å². The van der Waals surface area contributed by atoms with Crippen LogP contribution >= 0.6 is 23.2 Å². The summed E-state index contributed by atoms with van der Waals surface area (Å²) in [5.41, 5.74) is 0.221. The van der Waals surface area contributed by atoms with E-state index in [1.165, 1.54) is 12.1 Å². The number of hydrogen-bond acceptors (Lipinski definition) is 1. The molecular formula is C13H16Cl2FNO. The van der Waals surface area contributed by atoms with E-state index in [0.717, 1.165) is 12.8 Å². The minimum absolute atomic E-state index is 0.0682. The van der Waals surface area contributed by atoms with Crippen molar-refractivity contribution in [3.8, 4) is 0 Å². The summed E-state index contributed by atoms with van der Waals surface area (Å²) in [6.45, 7) is 2.41. The van der Waals surface area contributed by atoms with Crippen LogP contribution in [0.4, 0.5) is 4.39 Å². The number of benzene rings is 1. The summed E-state index contributed by atoms with van der Waals surface area (Å²) in [6.07, 6.45) is 1.73. The Morgan fingerprint density at radius 2 is 2.22 bits per heavy atom. The SMILES string of the molecule is CCCC(Cl)CNC(=O)Cc1c(F)cccc1Cl.